The Kier molecular flexibility index (Phi) is 4.18. The first-order valence-electron chi connectivity index (χ1n) is 5.36. The second-order valence-corrected chi connectivity index (χ2v) is 4.21. The van der Waals surface area contributed by atoms with Crippen LogP contribution in [0.4, 0.5) is 5.69 Å². The quantitative estimate of drug-likeness (QED) is 0.623. The lowest BCUT2D eigenvalue weighted by Crippen LogP contribution is -2.41. The molecular weight excluding hydrogens is 236 g/mol. The largest absolute Gasteiger partial charge is 0.475 e. The normalized spacial score (nSPS) is 13.4. The molecule has 96 valence electrons. The molecule has 0 radical (unpaired) electrons. The average Bonchev–Trinajstić information content (AvgIpc) is 2.36. The molecule has 0 aliphatic heterocycles. The van der Waals surface area contributed by atoms with E-state index >= 15 is 0 Å². The van der Waals surface area contributed by atoms with Crippen LogP contribution in [0.25, 0.3) is 0 Å². The summed E-state index contributed by atoms with van der Waals surface area (Å²) >= 11 is 0. The molecule has 1 aromatic rings. The zero-order valence-corrected chi connectivity index (χ0v) is 10.2. The first kappa shape index (κ1) is 13.9. The second-order valence-electron chi connectivity index (χ2n) is 4.21. The molecule has 1 atom stereocenters. The van der Waals surface area contributed by atoms with Gasteiger partial charge in [0.25, 0.3) is 5.69 Å². The van der Waals surface area contributed by atoms with E-state index in [-0.39, 0.29) is 23.7 Å². The number of nitrogens with zero attached hydrogens (tertiary/aromatic N) is 3. The van der Waals surface area contributed by atoms with Crippen molar-refractivity contribution in [2.24, 2.45) is 5.73 Å². The van der Waals surface area contributed by atoms with Crippen LogP contribution >= 0.6 is 0 Å². The van der Waals surface area contributed by atoms with E-state index in [0.29, 0.717) is 6.42 Å². The van der Waals surface area contributed by atoms with Gasteiger partial charge in [0, 0.05) is 11.6 Å². The summed E-state index contributed by atoms with van der Waals surface area (Å²) in [6.07, 6.45) is 1.75. The van der Waals surface area contributed by atoms with Crippen molar-refractivity contribution in [1.29, 1.82) is 5.26 Å². The fourth-order valence-corrected chi connectivity index (χ4v) is 1.07. The highest BCUT2D eigenvalue weighted by Crippen LogP contribution is 2.21. The van der Waals surface area contributed by atoms with Crippen LogP contribution in [0.2, 0.25) is 0 Å². The van der Waals surface area contributed by atoms with Gasteiger partial charge in [0.2, 0.25) is 5.88 Å². The van der Waals surface area contributed by atoms with Crippen molar-refractivity contribution in [2.45, 2.75) is 25.8 Å². The minimum absolute atomic E-state index is 0.0242. The lowest BCUT2D eigenvalue weighted by molar-refractivity contribution is -0.385. The van der Waals surface area contributed by atoms with Crippen LogP contribution in [0.3, 0.4) is 0 Å². The fraction of sp³-hybridized carbons (Fsp3) is 0.455. The maximum Gasteiger partial charge on any atom is 0.289 e. The van der Waals surface area contributed by atoms with Gasteiger partial charge in [-0.15, -0.1) is 0 Å². The average molecular weight is 250 g/mol. The fourth-order valence-electron chi connectivity index (χ4n) is 1.07. The molecular formula is C11H14N4O3. The summed E-state index contributed by atoms with van der Waals surface area (Å²) < 4.78 is 5.34. The highest BCUT2D eigenvalue weighted by Gasteiger charge is 2.19. The van der Waals surface area contributed by atoms with Crippen LogP contribution in [-0.2, 0) is 0 Å². The maximum atomic E-state index is 10.5. The number of aromatic nitrogens is 1. The van der Waals surface area contributed by atoms with Crippen LogP contribution in [-0.4, -0.2) is 22.1 Å². The molecule has 0 aliphatic carbocycles. The summed E-state index contributed by atoms with van der Waals surface area (Å²) in [5.41, 5.74) is 5.14. The molecule has 7 nitrogen and oxygen atoms in total. The zero-order chi connectivity index (χ0) is 13.8. The van der Waals surface area contributed by atoms with Gasteiger partial charge in [-0.3, -0.25) is 10.1 Å². The standard InChI is InChI=1S/C11H14N4O3/c1-3-11(2,13)7-18-10-8(5-12)4-9(6-14-10)15(16)17/h4,6H,3,7,13H2,1-2H3. The van der Waals surface area contributed by atoms with Crippen LogP contribution in [0.5, 0.6) is 5.88 Å². The molecule has 1 rings (SSSR count). The molecule has 0 aliphatic rings. The van der Waals surface area contributed by atoms with Gasteiger partial charge in [-0.1, -0.05) is 6.92 Å². The number of rotatable bonds is 5. The highest BCUT2D eigenvalue weighted by atomic mass is 16.6. The molecule has 0 bridgehead atoms. The molecule has 18 heavy (non-hydrogen) atoms. The van der Waals surface area contributed by atoms with Gasteiger partial charge >= 0.3 is 0 Å². The van der Waals surface area contributed by atoms with Gasteiger partial charge < -0.3 is 10.5 Å². The molecule has 1 heterocycles. The first-order chi connectivity index (χ1) is 8.39. The number of pyridine rings is 1. The molecule has 0 aromatic carbocycles. The number of nitro groups is 1. The van der Waals surface area contributed by atoms with Gasteiger partial charge in [-0.05, 0) is 13.3 Å². The minimum atomic E-state index is -0.614. The summed E-state index contributed by atoms with van der Waals surface area (Å²) in [5.74, 6) is 0.0632. The maximum absolute atomic E-state index is 10.5. The molecule has 7 heteroatoms. The van der Waals surface area contributed by atoms with Crippen molar-refractivity contribution in [3.8, 4) is 11.9 Å². The SMILES string of the molecule is CCC(C)(N)COc1ncc([N+](=O)[O-])cc1C#N. The van der Waals surface area contributed by atoms with Crippen LogP contribution < -0.4 is 10.5 Å². The smallest absolute Gasteiger partial charge is 0.289 e. The van der Waals surface area contributed by atoms with Crippen LogP contribution in [0.15, 0.2) is 12.3 Å². The molecule has 0 spiro atoms. The number of nitrogens with two attached hydrogens (primary N) is 1. The second kappa shape index (κ2) is 5.42. The lowest BCUT2D eigenvalue weighted by Gasteiger charge is -2.22. The summed E-state index contributed by atoms with van der Waals surface area (Å²) in [6, 6.07) is 2.94. The minimum Gasteiger partial charge on any atom is -0.475 e. The van der Waals surface area contributed by atoms with Crippen molar-refractivity contribution in [3.63, 3.8) is 0 Å². The molecule has 1 unspecified atom stereocenters. The monoisotopic (exact) mass is 250 g/mol. The molecule has 0 saturated heterocycles. The van der Waals surface area contributed by atoms with Crippen molar-refractivity contribution < 1.29 is 9.66 Å². The van der Waals surface area contributed by atoms with E-state index in [4.69, 9.17) is 15.7 Å². The molecule has 0 saturated carbocycles. The van der Waals surface area contributed by atoms with Gasteiger partial charge in [0.05, 0.1) is 4.92 Å². The number of hydrogen-bond donors (Lipinski definition) is 1. The summed E-state index contributed by atoms with van der Waals surface area (Å²) in [4.78, 5) is 13.7. The van der Waals surface area contributed by atoms with E-state index in [1.54, 1.807) is 0 Å². The predicted octanol–water partition coefficient (Wildman–Crippen LogP) is 1.37. The van der Waals surface area contributed by atoms with E-state index in [2.05, 4.69) is 4.98 Å². The Hall–Kier alpha value is -2.20. The van der Waals surface area contributed by atoms with Crippen LogP contribution in [0.1, 0.15) is 25.8 Å². The molecule has 2 N–H and O–H groups in total. The third kappa shape index (κ3) is 3.40. The Balaban J connectivity index is 2.91. The van der Waals surface area contributed by atoms with Gasteiger partial charge in [-0.25, -0.2) is 4.98 Å². The van der Waals surface area contributed by atoms with E-state index in [9.17, 15) is 10.1 Å². The zero-order valence-electron chi connectivity index (χ0n) is 10.2. The van der Waals surface area contributed by atoms with Crippen LogP contribution in [0, 0.1) is 21.4 Å². The Morgan fingerprint density at radius 2 is 2.39 bits per heavy atom. The molecule has 0 amide bonds. The number of hydrogen-bond acceptors (Lipinski definition) is 6. The van der Waals surface area contributed by atoms with E-state index < -0.39 is 10.5 Å². The Bertz CT molecular complexity index is 494. The van der Waals surface area contributed by atoms with Gasteiger partial charge in [-0.2, -0.15) is 5.26 Å². The molecule has 0 fully saturated rings. The predicted molar refractivity (Wildman–Crippen MR) is 64.0 cm³/mol. The summed E-state index contributed by atoms with van der Waals surface area (Å²) in [7, 11) is 0. The van der Waals surface area contributed by atoms with Crippen molar-refractivity contribution in [3.05, 3.63) is 27.9 Å². The Morgan fingerprint density at radius 3 is 2.89 bits per heavy atom. The summed E-state index contributed by atoms with van der Waals surface area (Å²) in [5, 5.41) is 19.4. The third-order valence-electron chi connectivity index (χ3n) is 2.51. The number of nitriles is 1. The van der Waals surface area contributed by atoms with Crippen molar-refractivity contribution in [1.82, 2.24) is 4.98 Å². The molecule has 1 aromatic heterocycles. The summed E-state index contributed by atoms with van der Waals surface area (Å²) in [6.45, 7) is 3.91. The van der Waals surface area contributed by atoms with Crippen molar-refractivity contribution >= 4 is 5.69 Å². The van der Waals surface area contributed by atoms with Gasteiger partial charge in [0.15, 0.2) is 0 Å². The number of ether oxygens (including phenoxy) is 1. The first-order valence-corrected chi connectivity index (χ1v) is 5.36. The lowest BCUT2D eigenvalue weighted by atomic mass is 10.0. The third-order valence-corrected chi connectivity index (χ3v) is 2.51. The van der Waals surface area contributed by atoms with E-state index in [0.717, 1.165) is 12.3 Å². The Labute approximate surface area is 104 Å². The Morgan fingerprint density at radius 1 is 1.72 bits per heavy atom. The van der Waals surface area contributed by atoms with Crippen molar-refractivity contribution in [2.75, 3.05) is 6.61 Å². The highest BCUT2D eigenvalue weighted by molar-refractivity contribution is 5.45. The topological polar surface area (TPSA) is 115 Å². The van der Waals surface area contributed by atoms with E-state index in [1.807, 2.05) is 19.9 Å². The van der Waals surface area contributed by atoms with E-state index in [1.165, 1.54) is 0 Å². The van der Waals surface area contributed by atoms with Gasteiger partial charge in [0.1, 0.15) is 24.4 Å².